The van der Waals surface area contributed by atoms with Crippen LogP contribution >= 0.6 is 11.3 Å². The molecule has 1 aromatic carbocycles. The van der Waals surface area contributed by atoms with Gasteiger partial charge < -0.3 is 10.3 Å². The average Bonchev–Trinajstić information content (AvgIpc) is 2.96. The number of hydrogen-bond donors (Lipinski definition) is 2. The number of alkyl halides is 3. The number of aromatic nitrogens is 2. The third-order valence-corrected chi connectivity index (χ3v) is 3.78. The number of thiazole rings is 1. The minimum absolute atomic E-state index is 0.216. The van der Waals surface area contributed by atoms with Crippen molar-refractivity contribution < 1.29 is 13.2 Å². The molecule has 3 rings (SSSR count). The molecule has 2 N–H and O–H groups in total. The molecule has 0 amide bonds. The van der Waals surface area contributed by atoms with Crippen molar-refractivity contribution in [2.75, 3.05) is 5.32 Å². The van der Waals surface area contributed by atoms with Gasteiger partial charge in [0.2, 0.25) is 5.56 Å². The Morgan fingerprint density at radius 2 is 2.00 bits per heavy atom. The Morgan fingerprint density at radius 3 is 2.70 bits per heavy atom. The Balaban J connectivity index is 1.82. The van der Waals surface area contributed by atoms with Crippen LogP contribution in [-0.4, -0.2) is 9.97 Å². The summed E-state index contributed by atoms with van der Waals surface area (Å²) >= 11 is 1.26. The Bertz CT molecular complexity index is 865. The van der Waals surface area contributed by atoms with Gasteiger partial charge in [0.05, 0.1) is 11.3 Å². The summed E-state index contributed by atoms with van der Waals surface area (Å²) in [6.45, 7) is 0. The molecule has 0 fully saturated rings. The molecule has 118 valence electrons. The van der Waals surface area contributed by atoms with Crippen molar-refractivity contribution in [1.82, 2.24) is 9.97 Å². The lowest BCUT2D eigenvalue weighted by Crippen LogP contribution is -2.05. The number of halogens is 3. The van der Waals surface area contributed by atoms with Gasteiger partial charge in [-0.25, -0.2) is 4.98 Å². The quantitative estimate of drug-likeness (QED) is 0.751. The summed E-state index contributed by atoms with van der Waals surface area (Å²) in [6.07, 6.45) is -2.85. The van der Waals surface area contributed by atoms with Crippen molar-refractivity contribution in [3.05, 3.63) is 63.9 Å². The Labute approximate surface area is 132 Å². The molecule has 0 atom stereocenters. The van der Waals surface area contributed by atoms with Gasteiger partial charge in [0.15, 0.2) is 5.13 Å². The maximum Gasteiger partial charge on any atom is 0.416 e. The van der Waals surface area contributed by atoms with Crippen molar-refractivity contribution in [2.45, 2.75) is 6.18 Å². The highest BCUT2D eigenvalue weighted by molar-refractivity contribution is 7.14. The molecule has 8 heteroatoms. The number of nitrogens with one attached hydrogen (secondary N) is 2. The molecule has 4 nitrogen and oxygen atoms in total. The first-order chi connectivity index (χ1) is 10.9. The van der Waals surface area contributed by atoms with Gasteiger partial charge in [0.1, 0.15) is 0 Å². The lowest BCUT2D eigenvalue weighted by atomic mass is 10.2. The zero-order chi connectivity index (χ0) is 16.4. The lowest BCUT2D eigenvalue weighted by Gasteiger charge is -2.08. The van der Waals surface area contributed by atoms with Crippen LogP contribution in [0.25, 0.3) is 11.3 Å². The van der Waals surface area contributed by atoms with Crippen LogP contribution in [0, 0.1) is 0 Å². The van der Waals surface area contributed by atoms with E-state index in [2.05, 4.69) is 15.3 Å². The highest BCUT2D eigenvalue weighted by Gasteiger charge is 2.30. The third-order valence-electron chi connectivity index (χ3n) is 3.03. The summed E-state index contributed by atoms with van der Waals surface area (Å²) in [4.78, 5) is 17.9. The second-order valence-electron chi connectivity index (χ2n) is 4.68. The van der Waals surface area contributed by atoms with Gasteiger partial charge in [0, 0.05) is 28.9 Å². The Morgan fingerprint density at radius 1 is 1.17 bits per heavy atom. The predicted molar refractivity (Wildman–Crippen MR) is 82.9 cm³/mol. The molecule has 0 radical (unpaired) electrons. The van der Waals surface area contributed by atoms with Crippen molar-refractivity contribution >= 4 is 22.2 Å². The van der Waals surface area contributed by atoms with E-state index in [4.69, 9.17) is 0 Å². The minimum atomic E-state index is -4.39. The molecule has 2 heterocycles. The van der Waals surface area contributed by atoms with Gasteiger partial charge in [-0.1, -0.05) is 6.07 Å². The Kier molecular flexibility index (Phi) is 3.91. The van der Waals surface area contributed by atoms with E-state index in [0.717, 1.165) is 17.7 Å². The van der Waals surface area contributed by atoms with E-state index in [9.17, 15) is 18.0 Å². The minimum Gasteiger partial charge on any atom is -0.332 e. The molecular formula is C15H10F3N3OS. The molecule has 23 heavy (non-hydrogen) atoms. The van der Waals surface area contributed by atoms with Gasteiger partial charge in [-0.05, 0) is 24.3 Å². The first kappa shape index (κ1) is 15.3. The molecule has 0 bridgehead atoms. The summed E-state index contributed by atoms with van der Waals surface area (Å²) in [5.74, 6) is 0. The lowest BCUT2D eigenvalue weighted by molar-refractivity contribution is -0.137. The number of pyridine rings is 1. The number of nitrogens with zero attached hydrogens (tertiary/aromatic N) is 1. The van der Waals surface area contributed by atoms with Crippen LogP contribution in [0.4, 0.5) is 24.0 Å². The summed E-state index contributed by atoms with van der Waals surface area (Å²) in [5, 5.41) is 5.07. The number of H-pyrrole nitrogens is 1. The van der Waals surface area contributed by atoms with E-state index in [1.165, 1.54) is 35.7 Å². The highest BCUT2D eigenvalue weighted by atomic mass is 32.1. The van der Waals surface area contributed by atoms with E-state index in [1.807, 2.05) is 0 Å². The number of hydrogen-bond acceptors (Lipinski definition) is 4. The number of anilines is 2. The molecule has 0 spiro atoms. The molecule has 0 aliphatic carbocycles. The standard InChI is InChI=1S/C15H10F3N3OS/c16-15(17,18)10-2-1-3-11(6-10)20-14-21-12(8-23-14)9-4-5-13(22)19-7-9/h1-8H,(H,19,22)(H,20,21). The fourth-order valence-electron chi connectivity index (χ4n) is 1.93. The molecule has 0 aliphatic heterocycles. The van der Waals surface area contributed by atoms with Gasteiger partial charge >= 0.3 is 6.18 Å². The molecule has 2 aromatic heterocycles. The Hall–Kier alpha value is -2.61. The first-order valence-electron chi connectivity index (χ1n) is 6.51. The predicted octanol–water partition coefficient (Wildman–Crippen LogP) is 4.26. The van der Waals surface area contributed by atoms with Crippen LogP contribution in [0.2, 0.25) is 0 Å². The average molecular weight is 337 g/mol. The van der Waals surface area contributed by atoms with Gasteiger partial charge in [0.25, 0.3) is 0 Å². The largest absolute Gasteiger partial charge is 0.416 e. The van der Waals surface area contributed by atoms with Crippen LogP contribution in [0.5, 0.6) is 0 Å². The number of aromatic amines is 1. The summed E-state index contributed by atoms with van der Waals surface area (Å²) in [7, 11) is 0. The third kappa shape index (κ3) is 3.59. The SMILES string of the molecule is O=c1ccc(-c2csc(Nc3cccc(C(F)(F)F)c3)n2)c[nH]1. The molecule has 3 aromatic rings. The van der Waals surface area contributed by atoms with Crippen LogP contribution in [0.15, 0.2) is 52.8 Å². The highest BCUT2D eigenvalue weighted by Crippen LogP contribution is 2.32. The molecule has 0 saturated carbocycles. The van der Waals surface area contributed by atoms with Gasteiger partial charge in [-0.15, -0.1) is 11.3 Å². The second-order valence-corrected chi connectivity index (χ2v) is 5.54. The van der Waals surface area contributed by atoms with Crippen LogP contribution in [0.3, 0.4) is 0 Å². The fraction of sp³-hybridized carbons (Fsp3) is 0.0667. The molecule has 0 saturated heterocycles. The van der Waals surface area contributed by atoms with E-state index in [1.54, 1.807) is 11.4 Å². The molecular weight excluding hydrogens is 327 g/mol. The smallest absolute Gasteiger partial charge is 0.332 e. The van der Waals surface area contributed by atoms with Crippen molar-refractivity contribution in [2.24, 2.45) is 0 Å². The monoisotopic (exact) mass is 337 g/mol. The normalized spacial score (nSPS) is 11.4. The van der Waals surface area contributed by atoms with E-state index >= 15 is 0 Å². The second kappa shape index (κ2) is 5.88. The van der Waals surface area contributed by atoms with Crippen LogP contribution < -0.4 is 10.9 Å². The van der Waals surface area contributed by atoms with Crippen LogP contribution in [-0.2, 0) is 6.18 Å². The van der Waals surface area contributed by atoms with Gasteiger partial charge in [-0.2, -0.15) is 13.2 Å². The molecule has 0 aliphatic rings. The van der Waals surface area contributed by atoms with E-state index in [0.29, 0.717) is 16.5 Å². The summed E-state index contributed by atoms with van der Waals surface area (Å²) < 4.78 is 38.1. The van der Waals surface area contributed by atoms with Crippen LogP contribution in [0.1, 0.15) is 5.56 Å². The molecule has 0 unspecified atom stereocenters. The number of rotatable bonds is 3. The topological polar surface area (TPSA) is 57.8 Å². The zero-order valence-electron chi connectivity index (χ0n) is 11.5. The van der Waals surface area contributed by atoms with Crippen molar-refractivity contribution in [1.29, 1.82) is 0 Å². The zero-order valence-corrected chi connectivity index (χ0v) is 12.3. The summed E-state index contributed by atoms with van der Waals surface area (Å²) in [6, 6.07) is 7.92. The number of benzene rings is 1. The van der Waals surface area contributed by atoms with Gasteiger partial charge in [-0.3, -0.25) is 4.79 Å². The van der Waals surface area contributed by atoms with E-state index < -0.39 is 11.7 Å². The fourth-order valence-corrected chi connectivity index (χ4v) is 2.67. The maximum absolute atomic E-state index is 12.7. The van der Waals surface area contributed by atoms with Crippen molar-refractivity contribution in [3.8, 4) is 11.3 Å². The summed E-state index contributed by atoms with van der Waals surface area (Å²) in [5.41, 5.74) is 0.715. The van der Waals surface area contributed by atoms with Crippen molar-refractivity contribution in [3.63, 3.8) is 0 Å². The first-order valence-corrected chi connectivity index (χ1v) is 7.39. The maximum atomic E-state index is 12.7. The van der Waals surface area contributed by atoms with E-state index in [-0.39, 0.29) is 5.56 Å².